The Morgan fingerprint density at radius 1 is 1.17 bits per heavy atom. The largest absolute Gasteiger partial charge is 0.377 e. The molecule has 0 fully saturated rings. The molecule has 0 aliphatic rings. The highest BCUT2D eigenvalue weighted by Gasteiger charge is 2.12. The third kappa shape index (κ3) is 2.47. The number of rotatable bonds is 3. The van der Waals surface area contributed by atoms with Crippen molar-refractivity contribution < 1.29 is 4.39 Å². The fourth-order valence-corrected chi connectivity index (χ4v) is 1.91. The lowest BCUT2D eigenvalue weighted by Gasteiger charge is -2.17. The van der Waals surface area contributed by atoms with Crippen molar-refractivity contribution in [3.8, 4) is 0 Å². The Morgan fingerprint density at radius 3 is 2.61 bits per heavy atom. The van der Waals surface area contributed by atoms with E-state index in [4.69, 9.17) is 0 Å². The van der Waals surface area contributed by atoms with Gasteiger partial charge in [-0.3, -0.25) is 9.97 Å². The van der Waals surface area contributed by atoms with E-state index in [1.807, 2.05) is 19.9 Å². The average molecular weight is 245 g/mol. The predicted molar refractivity (Wildman–Crippen MR) is 69.9 cm³/mol. The number of nitrogens with zero attached hydrogens (tertiary/aromatic N) is 2. The van der Waals surface area contributed by atoms with Gasteiger partial charge in [0, 0.05) is 23.6 Å². The molecule has 1 N–H and O–H groups in total. The van der Waals surface area contributed by atoms with Gasteiger partial charge in [-0.05, 0) is 32.9 Å². The standard InChI is InChI=1S/C14H16FN3/c1-9-12(15)5-4-6-13(9)18-11(3)14-10(2)16-7-8-17-14/h4-8,11,18H,1-3H3. The van der Waals surface area contributed by atoms with Crippen molar-refractivity contribution >= 4 is 5.69 Å². The molecule has 0 radical (unpaired) electrons. The van der Waals surface area contributed by atoms with Gasteiger partial charge in [0.1, 0.15) is 5.82 Å². The second-order valence-electron chi connectivity index (χ2n) is 4.31. The minimum atomic E-state index is -0.205. The highest BCUT2D eigenvalue weighted by molar-refractivity contribution is 5.52. The van der Waals surface area contributed by atoms with E-state index in [9.17, 15) is 4.39 Å². The number of aryl methyl sites for hydroxylation is 1. The molecule has 1 aromatic carbocycles. The van der Waals surface area contributed by atoms with Crippen LogP contribution in [-0.2, 0) is 0 Å². The first kappa shape index (κ1) is 12.5. The van der Waals surface area contributed by atoms with E-state index >= 15 is 0 Å². The second-order valence-corrected chi connectivity index (χ2v) is 4.31. The summed E-state index contributed by atoms with van der Waals surface area (Å²) in [5, 5.41) is 3.27. The molecule has 2 rings (SSSR count). The smallest absolute Gasteiger partial charge is 0.128 e. The van der Waals surface area contributed by atoms with Crippen molar-refractivity contribution in [2.75, 3.05) is 5.32 Å². The maximum absolute atomic E-state index is 13.4. The Morgan fingerprint density at radius 2 is 1.89 bits per heavy atom. The number of aromatic nitrogens is 2. The lowest BCUT2D eigenvalue weighted by atomic mass is 10.1. The minimum absolute atomic E-state index is 0.0146. The summed E-state index contributed by atoms with van der Waals surface area (Å²) < 4.78 is 13.4. The van der Waals surface area contributed by atoms with E-state index in [0.717, 1.165) is 17.1 Å². The minimum Gasteiger partial charge on any atom is -0.377 e. The first-order chi connectivity index (χ1) is 8.59. The Labute approximate surface area is 106 Å². The molecule has 3 nitrogen and oxygen atoms in total. The van der Waals surface area contributed by atoms with Gasteiger partial charge >= 0.3 is 0 Å². The van der Waals surface area contributed by atoms with Crippen molar-refractivity contribution in [1.29, 1.82) is 0 Å². The molecule has 18 heavy (non-hydrogen) atoms. The summed E-state index contributed by atoms with van der Waals surface area (Å²) in [5.41, 5.74) is 3.16. The van der Waals surface area contributed by atoms with Gasteiger partial charge in [-0.25, -0.2) is 4.39 Å². The monoisotopic (exact) mass is 245 g/mol. The molecule has 0 saturated carbocycles. The van der Waals surface area contributed by atoms with Gasteiger partial charge in [0.05, 0.1) is 17.4 Å². The van der Waals surface area contributed by atoms with Crippen molar-refractivity contribution in [2.24, 2.45) is 0 Å². The maximum Gasteiger partial charge on any atom is 0.128 e. The number of benzene rings is 1. The van der Waals surface area contributed by atoms with Crippen LogP contribution >= 0.6 is 0 Å². The van der Waals surface area contributed by atoms with Crippen LogP contribution in [0.2, 0.25) is 0 Å². The van der Waals surface area contributed by atoms with E-state index < -0.39 is 0 Å². The van der Waals surface area contributed by atoms with E-state index in [2.05, 4.69) is 15.3 Å². The Kier molecular flexibility index (Phi) is 3.55. The van der Waals surface area contributed by atoms with Gasteiger partial charge in [0.25, 0.3) is 0 Å². The molecule has 0 amide bonds. The van der Waals surface area contributed by atoms with Gasteiger partial charge in [-0.1, -0.05) is 6.07 Å². The zero-order valence-corrected chi connectivity index (χ0v) is 10.7. The maximum atomic E-state index is 13.4. The highest BCUT2D eigenvalue weighted by Crippen LogP contribution is 2.23. The quantitative estimate of drug-likeness (QED) is 0.900. The normalized spacial score (nSPS) is 12.2. The third-order valence-corrected chi connectivity index (χ3v) is 2.97. The van der Waals surface area contributed by atoms with Gasteiger partial charge in [-0.2, -0.15) is 0 Å². The number of anilines is 1. The molecule has 2 aromatic rings. The lowest BCUT2D eigenvalue weighted by Crippen LogP contribution is -2.12. The van der Waals surface area contributed by atoms with Crippen LogP contribution in [0.5, 0.6) is 0 Å². The van der Waals surface area contributed by atoms with Crippen LogP contribution in [0, 0.1) is 19.7 Å². The molecule has 0 bridgehead atoms. The van der Waals surface area contributed by atoms with Crippen LogP contribution in [-0.4, -0.2) is 9.97 Å². The molecule has 0 spiro atoms. The lowest BCUT2D eigenvalue weighted by molar-refractivity contribution is 0.618. The van der Waals surface area contributed by atoms with Crippen molar-refractivity contribution in [2.45, 2.75) is 26.8 Å². The Bertz CT molecular complexity index is 554. The van der Waals surface area contributed by atoms with Crippen LogP contribution in [0.15, 0.2) is 30.6 Å². The molecule has 0 aliphatic carbocycles. The van der Waals surface area contributed by atoms with E-state index in [1.54, 1.807) is 25.4 Å². The van der Waals surface area contributed by atoms with Crippen LogP contribution in [0.1, 0.15) is 29.9 Å². The summed E-state index contributed by atoms with van der Waals surface area (Å²) in [7, 11) is 0. The molecule has 4 heteroatoms. The first-order valence-electron chi connectivity index (χ1n) is 5.88. The van der Waals surface area contributed by atoms with E-state index in [0.29, 0.717) is 5.56 Å². The summed E-state index contributed by atoms with van der Waals surface area (Å²) in [4.78, 5) is 8.51. The van der Waals surface area contributed by atoms with Crippen LogP contribution in [0.3, 0.4) is 0 Å². The van der Waals surface area contributed by atoms with E-state index in [-0.39, 0.29) is 11.9 Å². The van der Waals surface area contributed by atoms with Crippen molar-refractivity contribution in [3.05, 3.63) is 53.4 Å². The summed E-state index contributed by atoms with van der Waals surface area (Å²) in [6, 6.07) is 5.00. The van der Waals surface area contributed by atoms with Crippen molar-refractivity contribution in [3.63, 3.8) is 0 Å². The predicted octanol–water partition coefficient (Wildman–Crippen LogP) is 3.41. The molecular weight excluding hydrogens is 229 g/mol. The number of hydrogen-bond donors (Lipinski definition) is 1. The van der Waals surface area contributed by atoms with Crippen LogP contribution in [0.4, 0.5) is 10.1 Å². The van der Waals surface area contributed by atoms with Crippen LogP contribution in [0.25, 0.3) is 0 Å². The van der Waals surface area contributed by atoms with Gasteiger partial charge in [0.2, 0.25) is 0 Å². The molecule has 0 saturated heterocycles. The van der Waals surface area contributed by atoms with Gasteiger partial charge in [0.15, 0.2) is 0 Å². The van der Waals surface area contributed by atoms with Crippen LogP contribution < -0.4 is 5.32 Å². The molecule has 1 unspecified atom stereocenters. The second kappa shape index (κ2) is 5.12. The number of hydrogen-bond acceptors (Lipinski definition) is 3. The molecule has 1 atom stereocenters. The fraction of sp³-hybridized carbons (Fsp3) is 0.286. The SMILES string of the molecule is Cc1nccnc1C(C)Nc1cccc(F)c1C. The van der Waals surface area contributed by atoms with Gasteiger partial charge < -0.3 is 5.32 Å². The molecule has 1 aromatic heterocycles. The first-order valence-corrected chi connectivity index (χ1v) is 5.88. The van der Waals surface area contributed by atoms with Crippen molar-refractivity contribution in [1.82, 2.24) is 9.97 Å². The topological polar surface area (TPSA) is 37.8 Å². The number of nitrogens with one attached hydrogen (secondary N) is 1. The Hall–Kier alpha value is -1.97. The third-order valence-electron chi connectivity index (χ3n) is 2.97. The summed E-state index contributed by atoms with van der Waals surface area (Å²) in [6.45, 7) is 5.66. The number of halogens is 1. The zero-order valence-electron chi connectivity index (χ0n) is 10.7. The van der Waals surface area contributed by atoms with Gasteiger partial charge in [-0.15, -0.1) is 0 Å². The molecular formula is C14H16FN3. The van der Waals surface area contributed by atoms with E-state index in [1.165, 1.54) is 6.07 Å². The highest BCUT2D eigenvalue weighted by atomic mass is 19.1. The molecule has 94 valence electrons. The Balaban J connectivity index is 2.24. The molecule has 0 aliphatic heterocycles. The summed E-state index contributed by atoms with van der Waals surface area (Å²) in [5.74, 6) is -0.205. The fourth-order valence-electron chi connectivity index (χ4n) is 1.91. The summed E-state index contributed by atoms with van der Waals surface area (Å²) in [6.07, 6.45) is 3.33. The average Bonchev–Trinajstić information content (AvgIpc) is 2.35. The summed E-state index contributed by atoms with van der Waals surface area (Å²) >= 11 is 0. The molecule has 1 heterocycles. The zero-order chi connectivity index (χ0) is 13.1.